The van der Waals surface area contributed by atoms with E-state index < -0.39 is 5.82 Å². The molecular weight excluding hydrogens is 627 g/mol. The maximum absolute atomic E-state index is 13.7. The zero-order valence-electron chi connectivity index (χ0n) is 27.0. The number of nitrogens with two attached hydrogens (primary N) is 4. The molecule has 0 bridgehead atoms. The molecule has 0 atom stereocenters. The number of anilines is 2. The molecule has 1 saturated heterocycles. The second kappa shape index (κ2) is 19.6. The van der Waals surface area contributed by atoms with Crippen LogP contribution in [0.2, 0.25) is 5.02 Å². The van der Waals surface area contributed by atoms with Crippen molar-refractivity contribution < 1.29 is 23.4 Å². The van der Waals surface area contributed by atoms with Crippen LogP contribution in [0.25, 0.3) is 0 Å². The van der Waals surface area contributed by atoms with E-state index in [1.54, 1.807) is 31.4 Å². The zero-order valence-corrected chi connectivity index (χ0v) is 27.8. The van der Waals surface area contributed by atoms with E-state index in [0.29, 0.717) is 40.7 Å². The summed E-state index contributed by atoms with van der Waals surface area (Å²) in [6.07, 6.45) is 1.91. The summed E-state index contributed by atoms with van der Waals surface area (Å²) in [7, 11) is 1.55. The molecule has 14 heteroatoms. The fourth-order valence-electron chi connectivity index (χ4n) is 4.50. The normalized spacial score (nSPS) is 13.4. The molecule has 1 amide bonds. The molecular formula is C33H46ClFN8O4. The van der Waals surface area contributed by atoms with E-state index in [1.165, 1.54) is 23.2 Å². The number of amides is 1. The number of rotatable bonds is 14. The Kier molecular flexibility index (Phi) is 15.7. The number of morpholine rings is 1. The van der Waals surface area contributed by atoms with Crippen LogP contribution in [-0.4, -0.2) is 76.3 Å². The number of aliphatic imine (C=N–C) groups is 1. The van der Waals surface area contributed by atoms with Crippen molar-refractivity contribution >= 4 is 40.4 Å². The molecule has 9 N–H and O–H groups in total. The number of halogens is 2. The van der Waals surface area contributed by atoms with Crippen LogP contribution in [0.1, 0.15) is 30.9 Å². The quantitative estimate of drug-likeness (QED) is 0.0556. The van der Waals surface area contributed by atoms with Crippen LogP contribution in [0.5, 0.6) is 11.5 Å². The first kappa shape index (κ1) is 37.5. The lowest BCUT2D eigenvalue weighted by atomic mass is 10.1. The Morgan fingerprint density at radius 3 is 2.43 bits per heavy atom. The topological polar surface area (TPSA) is 180 Å². The standard InChI is InChI=1S/C30H37ClFN7O4.C3H9N/c1-41-27-17-26(39(35)19-20-3-5-21(6-4-20)36-29(40)18-33)23(30(34)37-22-7-8-25(32)24(31)15-22)16-28(27)43-12-2-9-38-10-13-42-14-11-38;1-2-3-4/h3-8,15-17H,2,9-14,18-19,33,35H2,1H3,(H2,34,37)(H,36,40);2-4H2,1H3. The molecule has 1 aliphatic heterocycles. The Bertz CT molecular complexity index is 1450. The number of carbonyl (C=O) groups excluding carboxylic acids is 1. The zero-order chi connectivity index (χ0) is 34.2. The number of nitrogens with zero attached hydrogens (tertiary/aromatic N) is 3. The van der Waals surface area contributed by atoms with Crippen molar-refractivity contribution in [3.8, 4) is 11.5 Å². The second-order valence-electron chi connectivity index (χ2n) is 10.6. The number of ether oxygens (including phenoxy) is 3. The van der Waals surface area contributed by atoms with E-state index in [2.05, 4.69) is 22.1 Å². The first-order chi connectivity index (χ1) is 22.7. The van der Waals surface area contributed by atoms with Gasteiger partial charge in [0.05, 0.1) is 56.4 Å². The van der Waals surface area contributed by atoms with Crippen LogP contribution in [0.15, 0.2) is 59.6 Å². The summed E-state index contributed by atoms with van der Waals surface area (Å²) in [5.74, 6) is 6.80. The van der Waals surface area contributed by atoms with Gasteiger partial charge >= 0.3 is 0 Å². The molecule has 1 heterocycles. The van der Waals surface area contributed by atoms with Gasteiger partial charge in [0.2, 0.25) is 5.91 Å². The molecule has 0 unspecified atom stereocenters. The molecule has 3 aromatic carbocycles. The summed E-state index contributed by atoms with van der Waals surface area (Å²) in [5.41, 5.74) is 19.8. The van der Waals surface area contributed by atoms with Crippen LogP contribution in [-0.2, 0) is 16.1 Å². The molecule has 47 heavy (non-hydrogen) atoms. The van der Waals surface area contributed by atoms with Crippen molar-refractivity contribution in [2.75, 3.05) is 70.0 Å². The highest BCUT2D eigenvalue weighted by Gasteiger charge is 2.19. The Hall–Kier alpha value is -3.98. The maximum atomic E-state index is 13.7. The van der Waals surface area contributed by atoms with Gasteiger partial charge in [-0.05, 0) is 61.3 Å². The predicted octanol–water partition coefficient (Wildman–Crippen LogP) is 3.76. The number of amidine groups is 1. The van der Waals surface area contributed by atoms with Gasteiger partial charge in [-0.15, -0.1) is 0 Å². The van der Waals surface area contributed by atoms with Crippen LogP contribution >= 0.6 is 11.6 Å². The molecule has 12 nitrogen and oxygen atoms in total. The average molecular weight is 673 g/mol. The molecule has 3 aromatic rings. The average Bonchev–Trinajstić information content (AvgIpc) is 3.09. The van der Waals surface area contributed by atoms with Crippen LogP contribution in [0, 0.1) is 5.82 Å². The number of methoxy groups -OCH3 is 1. The Labute approximate surface area is 280 Å². The largest absolute Gasteiger partial charge is 0.493 e. The summed E-state index contributed by atoms with van der Waals surface area (Å²) in [6, 6.07) is 14.8. The molecule has 4 rings (SSSR count). The van der Waals surface area contributed by atoms with Gasteiger partial charge in [0.15, 0.2) is 11.5 Å². The van der Waals surface area contributed by atoms with Crippen molar-refractivity contribution in [1.29, 1.82) is 0 Å². The highest BCUT2D eigenvalue weighted by molar-refractivity contribution is 6.31. The van der Waals surface area contributed by atoms with Crippen molar-refractivity contribution in [2.45, 2.75) is 26.3 Å². The van der Waals surface area contributed by atoms with E-state index >= 15 is 0 Å². The summed E-state index contributed by atoms with van der Waals surface area (Å²) in [4.78, 5) is 18.4. The summed E-state index contributed by atoms with van der Waals surface area (Å²) in [5, 5.41) is 4.14. The van der Waals surface area contributed by atoms with Gasteiger partial charge < -0.3 is 41.7 Å². The lowest BCUT2D eigenvalue weighted by Crippen LogP contribution is -2.37. The van der Waals surface area contributed by atoms with E-state index in [0.717, 1.165) is 57.8 Å². The minimum atomic E-state index is -0.557. The van der Waals surface area contributed by atoms with Crippen molar-refractivity contribution in [2.24, 2.45) is 28.0 Å². The molecule has 256 valence electrons. The summed E-state index contributed by atoms with van der Waals surface area (Å²) < 4.78 is 30.9. The van der Waals surface area contributed by atoms with Gasteiger partial charge in [-0.25, -0.2) is 15.2 Å². The van der Waals surface area contributed by atoms with E-state index in [-0.39, 0.29) is 29.9 Å². The monoisotopic (exact) mass is 672 g/mol. The maximum Gasteiger partial charge on any atom is 0.238 e. The second-order valence-corrected chi connectivity index (χ2v) is 11.0. The number of nitrogens with one attached hydrogen (secondary N) is 1. The van der Waals surface area contributed by atoms with Crippen molar-refractivity contribution in [3.63, 3.8) is 0 Å². The first-order valence-corrected chi connectivity index (χ1v) is 15.8. The highest BCUT2D eigenvalue weighted by Crippen LogP contribution is 2.36. The fraction of sp³-hybridized carbons (Fsp3) is 0.394. The molecule has 0 aromatic heterocycles. The molecule has 0 radical (unpaired) electrons. The van der Waals surface area contributed by atoms with Crippen molar-refractivity contribution in [3.05, 3.63) is 76.6 Å². The number of hydrogen-bond acceptors (Lipinski definition) is 10. The van der Waals surface area contributed by atoms with E-state index in [4.69, 9.17) is 48.9 Å². The lowest BCUT2D eigenvalue weighted by molar-refractivity contribution is -0.114. The predicted molar refractivity (Wildman–Crippen MR) is 186 cm³/mol. The number of hydrazine groups is 1. The third-order valence-corrected chi connectivity index (χ3v) is 7.35. The van der Waals surface area contributed by atoms with Gasteiger partial charge in [0.25, 0.3) is 0 Å². The van der Waals surface area contributed by atoms with Gasteiger partial charge in [0.1, 0.15) is 11.7 Å². The van der Waals surface area contributed by atoms with E-state index in [9.17, 15) is 9.18 Å². The van der Waals surface area contributed by atoms with Crippen LogP contribution in [0.4, 0.5) is 21.5 Å². The fourth-order valence-corrected chi connectivity index (χ4v) is 4.68. The van der Waals surface area contributed by atoms with Gasteiger partial charge in [0, 0.05) is 37.0 Å². The van der Waals surface area contributed by atoms with E-state index in [1.807, 2.05) is 12.1 Å². The van der Waals surface area contributed by atoms with Crippen molar-refractivity contribution in [1.82, 2.24) is 4.90 Å². The molecule has 0 spiro atoms. The Morgan fingerprint density at radius 1 is 1.11 bits per heavy atom. The highest BCUT2D eigenvalue weighted by atomic mass is 35.5. The van der Waals surface area contributed by atoms with Gasteiger partial charge in [-0.2, -0.15) is 0 Å². The minimum absolute atomic E-state index is 0.0696. The number of hydrogen-bond donors (Lipinski definition) is 5. The number of carbonyl (C=O) groups is 1. The molecule has 0 saturated carbocycles. The Balaban J connectivity index is 0.00000142. The minimum Gasteiger partial charge on any atom is -0.493 e. The van der Waals surface area contributed by atoms with Crippen LogP contribution in [0.3, 0.4) is 0 Å². The Morgan fingerprint density at radius 2 is 1.81 bits per heavy atom. The lowest BCUT2D eigenvalue weighted by Gasteiger charge is -2.26. The third-order valence-electron chi connectivity index (χ3n) is 7.06. The third kappa shape index (κ3) is 12.0. The smallest absolute Gasteiger partial charge is 0.238 e. The first-order valence-electron chi connectivity index (χ1n) is 15.4. The number of benzene rings is 3. The molecule has 1 aliphatic rings. The summed E-state index contributed by atoms with van der Waals surface area (Å²) in [6.45, 7) is 7.68. The summed E-state index contributed by atoms with van der Waals surface area (Å²) >= 11 is 5.96. The van der Waals surface area contributed by atoms with Crippen LogP contribution < -0.4 is 42.8 Å². The SMILES string of the molecule is CCCN.COc1cc(N(N)Cc2ccc(NC(=O)CN)cc2)c(C(N)=Nc2ccc(F)c(Cl)c2)cc1OCCCN1CCOCC1. The molecule has 1 fully saturated rings. The molecule has 0 aliphatic carbocycles. The van der Waals surface area contributed by atoms with Gasteiger partial charge in [-0.3, -0.25) is 9.69 Å². The van der Waals surface area contributed by atoms with Gasteiger partial charge in [-0.1, -0.05) is 30.7 Å².